The third-order valence-electron chi connectivity index (χ3n) is 5.32. The Morgan fingerprint density at radius 1 is 0.892 bits per heavy atom. The van der Waals surface area contributed by atoms with E-state index < -0.39 is 27.3 Å². The molecular weight excluding hydrogens is 500 g/mol. The summed E-state index contributed by atoms with van der Waals surface area (Å²) in [5, 5.41) is 27.1. The number of amides is 2. The lowest BCUT2D eigenvalue weighted by Crippen LogP contribution is -2.30. The lowest BCUT2D eigenvalue weighted by Gasteiger charge is -2.19. The van der Waals surface area contributed by atoms with Gasteiger partial charge in [-0.05, 0) is 59.0 Å². The molecule has 0 saturated heterocycles. The van der Waals surface area contributed by atoms with Crippen molar-refractivity contribution in [2.24, 2.45) is 0 Å². The summed E-state index contributed by atoms with van der Waals surface area (Å²) in [6, 6.07) is 16.0. The summed E-state index contributed by atoms with van der Waals surface area (Å²) >= 11 is 5.84. The zero-order chi connectivity index (χ0) is 27.3. The van der Waals surface area contributed by atoms with E-state index in [1.165, 1.54) is 42.5 Å². The van der Waals surface area contributed by atoms with E-state index >= 15 is 0 Å². The largest absolute Gasteiger partial charge is 0.320 e. The van der Waals surface area contributed by atoms with Crippen LogP contribution in [-0.2, 0) is 10.2 Å². The number of anilines is 1. The Hall–Kier alpha value is -4.57. The molecule has 190 valence electrons. The van der Waals surface area contributed by atoms with Gasteiger partial charge in [0.2, 0.25) is 0 Å². The number of nitro benzene ring substituents is 2. The van der Waals surface area contributed by atoms with E-state index in [1.54, 1.807) is 12.1 Å². The van der Waals surface area contributed by atoms with Gasteiger partial charge in [-0.25, -0.2) is 0 Å². The minimum atomic E-state index is -0.769. The average molecular weight is 523 g/mol. The molecule has 0 atom stereocenters. The molecule has 0 aromatic heterocycles. The maximum absolute atomic E-state index is 13.1. The highest BCUT2D eigenvalue weighted by molar-refractivity contribution is 6.32. The third kappa shape index (κ3) is 6.98. The normalized spacial score (nSPS) is 11.5. The van der Waals surface area contributed by atoms with Gasteiger partial charge < -0.3 is 10.6 Å². The van der Waals surface area contributed by atoms with Crippen molar-refractivity contribution >= 4 is 46.6 Å². The monoisotopic (exact) mass is 522 g/mol. The van der Waals surface area contributed by atoms with Gasteiger partial charge in [-0.3, -0.25) is 29.8 Å². The van der Waals surface area contributed by atoms with Crippen LogP contribution in [0.5, 0.6) is 0 Å². The number of hydrogen-bond acceptors (Lipinski definition) is 6. The molecule has 0 bridgehead atoms. The van der Waals surface area contributed by atoms with Crippen LogP contribution in [0.1, 0.15) is 42.3 Å². The van der Waals surface area contributed by atoms with E-state index in [4.69, 9.17) is 11.6 Å². The number of carbonyl (C=O) groups excluding carboxylic acids is 2. The number of hydrogen-bond donors (Lipinski definition) is 2. The zero-order valence-electron chi connectivity index (χ0n) is 20.2. The highest BCUT2D eigenvalue weighted by Crippen LogP contribution is 2.28. The number of nitro groups is 2. The maximum Gasteiger partial charge on any atom is 0.289 e. The van der Waals surface area contributed by atoms with Crippen molar-refractivity contribution in [1.82, 2.24) is 5.32 Å². The minimum Gasteiger partial charge on any atom is -0.320 e. The van der Waals surface area contributed by atoms with E-state index in [0.29, 0.717) is 11.1 Å². The molecule has 0 radical (unpaired) electrons. The van der Waals surface area contributed by atoms with Crippen LogP contribution >= 0.6 is 11.6 Å². The smallest absolute Gasteiger partial charge is 0.289 e. The third-order valence-corrected chi connectivity index (χ3v) is 5.64. The second kappa shape index (κ2) is 11.0. The van der Waals surface area contributed by atoms with Gasteiger partial charge in [-0.2, -0.15) is 0 Å². The molecule has 11 heteroatoms. The zero-order valence-corrected chi connectivity index (χ0v) is 20.9. The van der Waals surface area contributed by atoms with E-state index in [2.05, 4.69) is 10.6 Å². The molecule has 3 aromatic rings. The summed E-state index contributed by atoms with van der Waals surface area (Å²) in [7, 11) is 0. The van der Waals surface area contributed by atoms with Gasteiger partial charge >= 0.3 is 0 Å². The molecule has 0 aliphatic heterocycles. The first-order chi connectivity index (χ1) is 17.3. The van der Waals surface area contributed by atoms with Crippen molar-refractivity contribution in [2.75, 3.05) is 5.32 Å². The number of nitrogens with zero attached hydrogens (tertiary/aromatic N) is 2. The summed E-state index contributed by atoms with van der Waals surface area (Å²) in [5.41, 5.74) is 0.974. The van der Waals surface area contributed by atoms with Gasteiger partial charge in [0.25, 0.3) is 23.2 Å². The van der Waals surface area contributed by atoms with Crippen molar-refractivity contribution in [3.05, 3.63) is 114 Å². The van der Waals surface area contributed by atoms with Gasteiger partial charge in [0, 0.05) is 29.4 Å². The highest BCUT2D eigenvalue weighted by Gasteiger charge is 2.19. The number of nitrogens with one attached hydrogen (secondary N) is 2. The summed E-state index contributed by atoms with van der Waals surface area (Å²) in [5.74, 6) is -1.33. The van der Waals surface area contributed by atoms with Crippen LogP contribution in [0.2, 0.25) is 5.02 Å². The van der Waals surface area contributed by atoms with Crippen molar-refractivity contribution in [3.8, 4) is 0 Å². The van der Waals surface area contributed by atoms with Crippen LogP contribution in [0, 0.1) is 20.2 Å². The molecule has 0 aliphatic rings. The molecule has 0 heterocycles. The quantitative estimate of drug-likeness (QED) is 0.226. The molecule has 2 amide bonds. The van der Waals surface area contributed by atoms with Crippen LogP contribution in [0.4, 0.5) is 17.1 Å². The van der Waals surface area contributed by atoms with E-state index in [9.17, 15) is 29.8 Å². The Morgan fingerprint density at radius 3 is 2.05 bits per heavy atom. The Bertz CT molecular complexity index is 1390. The first kappa shape index (κ1) is 27.0. The fraction of sp³-hybridized carbons (Fsp3) is 0.154. The van der Waals surface area contributed by atoms with Gasteiger partial charge in [-0.15, -0.1) is 0 Å². The Kier molecular flexibility index (Phi) is 8.04. The van der Waals surface area contributed by atoms with Crippen LogP contribution in [0.25, 0.3) is 6.08 Å². The average Bonchev–Trinajstić information content (AvgIpc) is 2.84. The Morgan fingerprint density at radius 2 is 1.51 bits per heavy atom. The molecule has 0 unspecified atom stereocenters. The molecule has 0 aliphatic carbocycles. The minimum absolute atomic E-state index is 0.0829. The molecule has 0 saturated carbocycles. The molecule has 0 spiro atoms. The fourth-order valence-electron chi connectivity index (χ4n) is 3.26. The first-order valence-corrected chi connectivity index (χ1v) is 11.4. The lowest BCUT2D eigenvalue weighted by molar-refractivity contribution is -0.385. The summed E-state index contributed by atoms with van der Waals surface area (Å²) in [6.07, 6.45) is 1.34. The molecule has 3 aromatic carbocycles. The van der Waals surface area contributed by atoms with Gasteiger partial charge in [-0.1, -0.05) is 44.5 Å². The summed E-state index contributed by atoms with van der Waals surface area (Å²) in [4.78, 5) is 47.0. The number of benzene rings is 3. The SMILES string of the molecule is CC(C)(C)c1ccc(C(=O)N/C(=C\c2ccc([N+](=O)[O-])cc2)C(=O)Nc2ccc(Cl)c([N+](=O)[O-])c2)cc1. The molecule has 3 rings (SSSR count). The van der Waals surface area contributed by atoms with Crippen LogP contribution in [0.15, 0.2) is 72.4 Å². The second-order valence-electron chi connectivity index (χ2n) is 9.07. The fourth-order valence-corrected chi connectivity index (χ4v) is 3.45. The van der Waals surface area contributed by atoms with Gasteiger partial charge in [0.05, 0.1) is 9.85 Å². The van der Waals surface area contributed by atoms with Crippen molar-refractivity contribution in [1.29, 1.82) is 0 Å². The Labute approximate surface area is 217 Å². The lowest BCUT2D eigenvalue weighted by atomic mass is 9.87. The van der Waals surface area contributed by atoms with Crippen LogP contribution in [0.3, 0.4) is 0 Å². The molecule has 10 nitrogen and oxygen atoms in total. The predicted molar refractivity (Wildman–Crippen MR) is 140 cm³/mol. The standard InChI is InChI=1S/C26H23ClN4O6/c1-26(2,3)18-8-6-17(7-9-18)24(32)29-22(14-16-4-11-20(12-5-16)30(34)35)25(33)28-19-10-13-21(27)23(15-19)31(36)37/h4-15H,1-3H3,(H,28,33)(H,29,32)/b22-14-. The number of rotatable bonds is 7. The summed E-state index contributed by atoms with van der Waals surface area (Å²) in [6.45, 7) is 6.12. The molecule has 37 heavy (non-hydrogen) atoms. The van der Waals surface area contributed by atoms with Crippen molar-refractivity contribution in [3.63, 3.8) is 0 Å². The molecular formula is C26H23ClN4O6. The number of non-ortho nitro benzene ring substituents is 1. The number of carbonyl (C=O) groups is 2. The predicted octanol–water partition coefficient (Wildman–Crippen LogP) is 5.86. The molecule has 2 N–H and O–H groups in total. The second-order valence-corrected chi connectivity index (χ2v) is 9.47. The molecule has 0 fully saturated rings. The van der Waals surface area contributed by atoms with Gasteiger partial charge in [0.15, 0.2) is 0 Å². The topological polar surface area (TPSA) is 144 Å². The van der Waals surface area contributed by atoms with Crippen LogP contribution < -0.4 is 10.6 Å². The van der Waals surface area contributed by atoms with Crippen molar-refractivity contribution < 1.29 is 19.4 Å². The van der Waals surface area contributed by atoms with Crippen LogP contribution in [-0.4, -0.2) is 21.7 Å². The Balaban J connectivity index is 1.93. The van der Waals surface area contributed by atoms with Crippen molar-refractivity contribution in [2.45, 2.75) is 26.2 Å². The van der Waals surface area contributed by atoms with E-state index in [-0.39, 0.29) is 27.5 Å². The van der Waals surface area contributed by atoms with Gasteiger partial charge in [0.1, 0.15) is 10.7 Å². The maximum atomic E-state index is 13.1. The highest BCUT2D eigenvalue weighted by atomic mass is 35.5. The number of halogens is 1. The first-order valence-electron chi connectivity index (χ1n) is 11.0. The van der Waals surface area contributed by atoms with E-state index in [1.807, 2.05) is 32.9 Å². The van der Waals surface area contributed by atoms with E-state index in [0.717, 1.165) is 11.6 Å². The summed E-state index contributed by atoms with van der Waals surface area (Å²) < 4.78 is 0.